The van der Waals surface area contributed by atoms with Crippen LogP contribution in [-0.2, 0) is 19.6 Å². The minimum Gasteiger partial charge on any atom is -0.454 e. The van der Waals surface area contributed by atoms with Crippen LogP contribution in [0.4, 0.5) is 4.39 Å². The van der Waals surface area contributed by atoms with Gasteiger partial charge in [0.05, 0.1) is 10.6 Å². The van der Waals surface area contributed by atoms with Crippen LogP contribution < -0.4 is 0 Å². The van der Waals surface area contributed by atoms with E-state index in [1.807, 2.05) is 0 Å². The van der Waals surface area contributed by atoms with E-state index in [1.54, 1.807) is 13.8 Å². The predicted octanol–water partition coefficient (Wildman–Crippen LogP) is 3.19. The van der Waals surface area contributed by atoms with Crippen LogP contribution in [0.1, 0.15) is 58.8 Å². The van der Waals surface area contributed by atoms with E-state index in [-0.39, 0.29) is 35.8 Å². The quantitative estimate of drug-likeness (QED) is 0.425. The Morgan fingerprint density at radius 3 is 2.28 bits per heavy atom. The van der Waals surface area contributed by atoms with E-state index in [9.17, 15) is 27.2 Å². The fourth-order valence-electron chi connectivity index (χ4n) is 3.39. The average molecular weight is 467 g/mol. The van der Waals surface area contributed by atoms with E-state index >= 15 is 0 Å². The number of aromatic nitrogens is 1. The number of aromatic amines is 1. The Balaban J connectivity index is 1.91. The first-order chi connectivity index (χ1) is 14.9. The van der Waals surface area contributed by atoms with Crippen LogP contribution in [0.15, 0.2) is 29.2 Å². The van der Waals surface area contributed by atoms with E-state index in [0.717, 1.165) is 16.4 Å². The maximum Gasteiger partial charge on any atom is 0.306 e. The molecule has 0 saturated heterocycles. The van der Waals surface area contributed by atoms with Gasteiger partial charge in [-0.2, -0.15) is 0 Å². The summed E-state index contributed by atoms with van der Waals surface area (Å²) in [4.78, 5) is 39.4. The third kappa shape index (κ3) is 5.68. The maximum absolute atomic E-state index is 13.0. The molecule has 174 valence electrons. The van der Waals surface area contributed by atoms with Gasteiger partial charge in [0.15, 0.2) is 11.9 Å². The second-order valence-electron chi connectivity index (χ2n) is 7.56. The molecule has 0 amide bonds. The monoisotopic (exact) mass is 466 g/mol. The predicted molar refractivity (Wildman–Crippen MR) is 116 cm³/mol. The number of esters is 1. The van der Waals surface area contributed by atoms with Gasteiger partial charge >= 0.3 is 5.97 Å². The molecule has 1 atom stereocenters. The molecule has 0 aliphatic heterocycles. The van der Waals surface area contributed by atoms with Crippen LogP contribution in [-0.4, -0.2) is 54.9 Å². The molecule has 1 heterocycles. The molecule has 10 heteroatoms. The molecule has 0 aliphatic carbocycles. The summed E-state index contributed by atoms with van der Waals surface area (Å²) >= 11 is 0. The van der Waals surface area contributed by atoms with Crippen molar-refractivity contribution in [2.45, 2.75) is 51.5 Å². The number of ketones is 2. The Kier molecular flexibility index (Phi) is 8.08. The number of halogens is 1. The lowest BCUT2D eigenvalue weighted by molar-refractivity contribution is -0.146. The van der Waals surface area contributed by atoms with Gasteiger partial charge in [-0.05, 0) is 63.9 Å². The largest absolute Gasteiger partial charge is 0.454 e. The highest BCUT2D eigenvalue weighted by Crippen LogP contribution is 2.21. The topological polar surface area (TPSA) is 114 Å². The summed E-state index contributed by atoms with van der Waals surface area (Å²) in [5.74, 6) is -1.81. The molecule has 1 aromatic heterocycles. The summed E-state index contributed by atoms with van der Waals surface area (Å²) in [6.45, 7) is 6.23. The second-order valence-corrected chi connectivity index (χ2v) is 9.61. The zero-order chi connectivity index (χ0) is 24.2. The Labute approximate surface area is 186 Å². The third-order valence-electron chi connectivity index (χ3n) is 5.09. The number of hydrogen-bond donors (Lipinski definition) is 1. The number of Topliss-reactive ketones (excluding diaryl/α,β-unsaturated/α-hetero) is 2. The van der Waals surface area contributed by atoms with Crippen molar-refractivity contribution in [2.24, 2.45) is 0 Å². The molecule has 1 N–H and O–H groups in total. The normalized spacial score (nSPS) is 12.6. The lowest BCUT2D eigenvalue weighted by Gasteiger charge is -2.17. The van der Waals surface area contributed by atoms with Crippen molar-refractivity contribution in [3.05, 3.63) is 52.6 Å². The van der Waals surface area contributed by atoms with Gasteiger partial charge in [0.2, 0.25) is 15.8 Å². The Hall–Kier alpha value is -2.85. The van der Waals surface area contributed by atoms with Crippen LogP contribution in [0.3, 0.4) is 0 Å². The number of aryl methyl sites for hydroxylation is 1. The van der Waals surface area contributed by atoms with Gasteiger partial charge in [-0.1, -0.05) is 0 Å². The highest BCUT2D eigenvalue weighted by atomic mass is 32.2. The minimum atomic E-state index is -3.81. The average Bonchev–Trinajstić information content (AvgIpc) is 3.01. The number of nitrogens with one attached hydrogen (secondary N) is 1. The highest BCUT2D eigenvalue weighted by molar-refractivity contribution is 7.89. The van der Waals surface area contributed by atoms with Crippen LogP contribution in [0, 0.1) is 19.7 Å². The second kappa shape index (κ2) is 10.2. The van der Waals surface area contributed by atoms with Crippen molar-refractivity contribution in [2.75, 3.05) is 13.6 Å². The molecule has 0 aliphatic rings. The number of carbonyl (C=O) groups is 3. The molecular weight excluding hydrogens is 439 g/mol. The van der Waals surface area contributed by atoms with Gasteiger partial charge < -0.3 is 9.72 Å². The zero-order valence-corrected chi connectivity index (χ0v) is 19.5. The molecule has 8 nitrogen and oxygen atoms in total. The summed E-state index contributed by atoms with van der Waals surface area (Å²) in [6.07, 6.45) is -0.992. The SMILES string of the molecule is CC(=O)c1c(C)[nH]c(C(=O)C(C)OC(=O)CCCN(C)S(=O)(=O)c2ccc(F)cc2)c1C. The number of H-pyrrole nitrogens is 1. The molecule has 1 unspecified atom stereocenters. The number of rotatable bonds is 10. The fourth-order valence-corrected chi connectivity index (χ4v) is 4.60. The first kappa shape index (κ1) is 25.4. The Bertz CT molecular complexity index is 1120. The molecular formula is C22H27FN2O6S. The van der Waals surface area contributed by atoms with Crippen LogP contribution in [0.5, 0.6) is 0 Å². The molecule has 0 bridgehead atoms. The standard InChI is InChI=1S/C22H27FN2O6S/c1-13-20(15(3)26)14(2)24-21(13)22(28)16(4)31-19(27)7-6-12-25(5)32(29,30)18-10-8-17(23)9-11-18/h8-11,16,24H,6-7,12H2,1-5H3. The molecule has 2 rings (SSSR count). The smallest absolute Gasteiger partial charge is 0.306 e. The number of benzene rings is 1. The molecule has 0 fully saturated rings. The highest BCUT2D eigenvalue weighted by Gasteiger charge is 2.26. The van der Waals surface area contributed by atoms with E-state index in [0.29, 0.717) is 16.8 Å². The Morgan fingerprint density at radius 1 is 1.16 bits per heavy atom. The van der Waals surface area contributed by atoms with Crippen LogP contribution in [0.2, 0.25) is 0 Å². The van der Waals surface area contributed by atoms with Gasteiger partial charge in [-0.3, -0.25) is 14.4 Å². The Morgan fingerprint density at radius 2 is 1.75 bits per heavy atom. The third-order valence-corrected chi connectivity index (χ3v) is 6.96. The van der Waals surface area contributed by atoms with E-state index in [1.165, 1.54) is 33.0 Å². The van der Waals surface area contributed by atoms with Gasteiger partial charge in [0, 0.05) is 31.3 Å². The minimum absolute atomic E-state index is 0.0358. The molecule has 0 radical (unpaired) electrons. The van der Waals surface area contributed by atoms with Crippen molar-refractivity contribution < 1.29 is 31.9 Å². The van der Waals surface area contributed by atoms with Crippen molar-refractivity contribution in [3.8, 4) is 0 Å². The lowest BCUT2D eigenvalue weighted by Crippen LogP contribution is -2.29. The molecule has 0 spiro atoms. The number of carbonyl (C=O) groups excluding carboxylic acids is 3. The molecule has 0 saturated carbocycles. The summed E-state index contributed by atoms with van der Waals surface area (Å²) < 4.78 is 44.2. The van der Waals surface area contributed by atoms with Crippen molar-refractivity contribution in [3.63, 3.8) is 0 Å². The number of nitrogens with zero attached hydrogens (tertiary/aromatic N) is 1. The van der Waals surface area contributed by atoms with Gasteiger partial charge in [-0.25, -0.2) is 17.1 Å². The molecule has 2 aromatic rings. The summed E-state index contributed by atoms with van der Waals surface area (Å²) in [6, 6.07) is 4.46. The van der Waals surface area contributed by atoms with Crippen LogP contribution >= 0.6 is 0 Å². The summed E-state index contributed by atoms with van der Waals surface area (Å²) in [7, 11) is -2.45. The summed E-state index contributed by atoms with van der Waals surface area (Å²) in [5, 5.41) is 0. The van der Waals surface area contributed by atoms with E-state index in [4.69, 9.17) is 4.74 Å². The first-order valence-corrected chi connectivity index (χ1v) is 11.5. The molecule has 1 aromatic carbocycles. The summed E-state index contributed by atoms with van der Waals surface area (Å²) in [5.41, 5.74) is 1.74. The maximum atomic E-state index is 13.0. The van der Waals surface area contributed by atoms with Gasteiger partial charge in [-0.15, -0.1) is 0 Å². The van der Waals surface area contributed by atoms with Crippen molar-refractivity contribution >= 4 is 27.6 Å². The fraction of sp³-hybridized carbons (Fsp3) is 0.409. The van der Waals surface area contributed by atoms with Crippen molar-refractivity contribution in [1.82, 2.24) is 9.29 Å². The lowest BCUT2D eigenvalue weighted by atomic mass is 10.0. The van der Waals surface area contributed by atoms with E-state index in [2.05, 4.69) is 4.98 Å². The van der Waals surface area contributed by atoms with Crippen LogP contribution in [0.25, 0.3) is 0 Å². The van der Waals surface area contributed by atoms with Gasteiger partial charge in [0.1, 0.15) is 5.82 Å². The number of sulfonamides is 1. The number of hydrogen-bond acceptors (Lipinski definition) is 6. The van der Waals surface area contributed by atoms with Gasteiger partial charge in [0.25, 0.3) is 0 Å². The van der Waals surface area contributed by atoms with E-state index < -0.39 is 33.7 Å². The van der Waals surface area contributed by atoms with Crippen molar-refractivity contribution in [1.29, 1.82) is 0 Å². The number of ether oxygens (including phenoxy) is 1. The molecule has 32 heavy (non-hydrogen) atoms. The first-order valence-electron chi connectivity index (χ1n) is 10.0. The zero-order valence-electron chi connectivity index (χ0n) is 18.7.